The molecule has 1 N–H and O–H groups in total. The number of methoxy groups -OCH3 is 3. The number of pyridine rings is 2. The molecule has 0 spiro atoms. The van der Waals surface area contributed by atoms with E-state index >= 15 is 0 Å². The van der Waals surface area contributed by atoms with E-state index in [0.717, 1.165) is 57.2 Å². The molecule has 0 atom stereocenters. The zero-order valence-corrected chi connectivity index (χ0v) is 22.3. The Bertz CT molecular complexity index is 1660. The predicted molar refractivity (Wildman–Crippen MR) is 159 cm³/mol. The van der Waals surface area contributed by atoms with Gasteiger partial charge >= 0.3 is 0 Å². The van der Waals surface area contributed by atoms with Gasteiger partial charge in [0.1, 0.15) is 5.75 Å². The molecule has 6 heteroatoms. The fraction of sp³-hybridized carbons (Fsp3) is 0.273. The maximum absolute atomic E-state index is 13.5. The highest BCUT2D eigenvalue weighted by atomic mass is 16.5. The second kappa shape index (κ2) is 12.0. The van der Waals surface area contributed by atoms with Gasteiger partial charge in [-0.3, -0.25) is 9.78 Å². The SMILES string of the molecule is C.CCc1[nH]c(=O)c(Cc2cc3cc(OC)ccc3nc2CCc2ccccc2)c2cc(OC)c(OC)cc12. The van der Waals surface area contributed by atoms with Crippen LogP contribution in [-0.2, 0) is 25.7 Å². The van der Waals surface area contributed by atoms with E-state index in [1.807, 2.05) is 43.3 Å². The number of hydrogen-bond donors (Lipinski definition) is 1. The van der Waals surface area contributed by atoms with Gasteiger partial charge in [0.15, 0.2) is 11.5 Å². The molecule has 5 aromatic rings. The average molecular weight is 525 g/mol. The van der Waals surface area contributed by atoms with E-state index in [9.17, 15) is 4.79 Å². The first kappa shape index (κ1) is 27.7. The van der Waals surface area contributed by atoms with Gasteiger partial charge in [-0.15, -0.1) is 0 Å². The van der Waals surface area contributed by atoms with Crippen LogP contribution in [0.1, 0.15) is 42.4 Å². The first-order valence-electron chi connectivity index (χ1n) is 12.8. The molecular formula is C33H36N2O4. The number of nitrogens with zero attached hydrogens (tertiary/aromatic N) is 1. The number of hydrogen-bond acceptors (Lipinski definition) is 5. The maximum atomic E-state index is 13.5. The fourth-order valence-electron chi connectivity index (χ4n) is 5.07. The van der Waals surface area contributed by atoms with Gasteiger partial charge < -0.3 is 19.2 Å². The molecule has 0 aliphatic rings. The van der Waals surface area contributed by atoms with Crippen molar-refractivity contribution in [3.05, 3.63) is 105 Å². The number of benzene rings is 3. The summed E-state index contributed by atoms with van der Waals surface area (Å²) in [6.07, 6.45) is 2.76. The van der Waals surface area contributed by atoms with Crippen LogP contribution < -0.4 is 19.8 Å². The van der Waals surface area contributed by atoms with Crippen LogP contribution in [0.5, 0.6) is 17.2 Å². The molecule has 0 saturated heterocycles. The van der Waals surface area contributed by atoms with Gasteiger partial charge in [-0.25, -0.2) is 0 Å². The molecule has 5 rings (SSSR count). The minimum absolute atomic E-state index is 0. The van der Waals surface area contributed by atoms with Gasteiger partial charge in [0.05, 0.1) is 26.8 Å². The van der Waals surface area contributed by atoms with Gasteiger partial charge in [0.2, 0.25) is 0 Å². The van der Waals surface area contributed by atoms with Crippen LogP contribution in [0.2, 0.25) is 0 Å². The Balaban J connectivity index is 0.00000353. The number of fused-ring (bicyclic) bond motifs is 2. The third-order valence-corrected chi connectivity index (χ3v) is 7.12. The first-order chi connectivity index (χ1) is 18.5. The number of aromatic amines is 1. The van der Waals surface area contributed by atoms with E-state index in [0.29, 0.717) is 29.9 Å². The Kier molecular flexibility index (Phi) is 8.55. The molecular weight excluding hydrogens is 488 g/mol. The monoisotopic (exact) mass is 524 g/mol. The molecule has 0 bridgehead atoms. The number of ether oxygens (including phenoxy) is 3. The molecule has 0 aliphatic carbocycles. The highest BCUT2D eigenvalue weighted by molar-refractivity contribution is 5.91. The van der Waals surface area contributed by atoms with Crippen molar-refractivity contribution >= 4 is 21.7 Å². The van der Waals surface area contributed by atoms with Crippen molar-refractivity contribution < 1.29 is 14.2 Å². The maximum Gasteiger partial charge on any atom is 0.252 e. The van der Waals surface area contributed by atoms with Crippen molar-refractivity contribution in [2.75, 3.05) is 21.3 Å². The first-order valence-corrected chi connectivity index (χ1v) is 12.8. The minimum Gasteiger partial charge on any atom is -0.497 e. The Morgan fingerprint density at radius 3 is 2.21 bits per heavy atom. The summed E-state index contributed by atoms with van der Waals surface area (Å²) in [6, 6.07) is 22.3. The summed E-state index contributed by atoms with van der Waals surface area (Å²) >= 11 is 0. The molecule has 0 aliphatic heterocycles. The van der Waals surface area contributed by atoms with Crippen LogP contribution in [0.3, 0.4) is 0 Å². The van der Waals surface area contributed by atoms with Crippen molar-refractivity contribution in [3.8, 4) is 17.2 Å². The van der Waals surface area contributed by atoms with Crippen molar-refractivity contribution in [3.63, 3.8) is 0 Å². The van der Waals surface area contributed by atoms with Gasteiger partial charge in [-0.2, -0.15) is 0 Å². The number of H-pyrrole nitrogens is 1. The summed E-state index contributed by atoms with van der Waals surface area (Å²) in [7, 11) is 4.89. The molecule has 0 fully saturated rings. The van der Waals surface area contributed by atoms with Gasteiger partial charge in [0, 0.05) is 34.1 Å². The van der Waals surface area contributed by atoms with Crippen LogP contribution in [0.4, 0.5) is 0 Å². The normalized spacial score (nSPS) is 10.9. The molecule has 0 saturated carbocycles. The predicted octanol–water partition coefficient (Wildman–Crippen LogP) is 6.68. The third kappa shape index (κ3) is 5.60. The average Bonchev–Trinajstić information content (AvgIpc) is 2.96. The van der Waals surface area contributed by atoms with Gasteiger partial charge in [0.25, 0.3) is 5.56 Å². The summed E-state index contributed by atoms with van der Waals surface area (Å²) in [5.41, 5.74) is 5.63. The van der Waals surface area contributed by atoms with Gasteiger partial charge in [-0.05, 0) is 72.2 Å². The van der Waals surface area contributed by atoms with E-state index in [4.69, 9.17) is 19.2 Å². The topological polar surface area (TPSA) is 73.4 Å². The Hall–Kier alpha value is -4.32. The second-order valence-corrected chi connectivity index (χ2v) is 9.33. The minimum atomic E-state index is -0.0960. The quantitative estimate of drug-likeness (QED) is 0.233. The van der Waals surface area contributed by atoms with Crippen LogP contribution in [0, 0.1) is 0 Å². The molecule has 6 nitrogen and oxygen atoms in total. The molecule has 3 aromatic carbocycles. The Morgan fingerprint density at radius 2 is 1.54 bits per heavy atom. The van der Waals surface area contributed by atoms with E-state index in [1.54, 1.807) is 21.3 Å². The molecule has 202 valence electrons. The highest BCUT2D eigenvalue weighted by Crippen LogP contribution is 2.35. The number of nitrogens with one attached hydrogen (secondary N) is 1. The van der Waals surface area contributed by atoms with E-state index < -0.39 is 0 Å². The summed E-state index contributed by atoms with van der Waals surface area (Å²) in [6.45, 7) is 2.03. The lowest BCUT2D eigenvalue weighted by Crippen LogP contribution is -2.17. The van der Waals surface area contributed by atoms with Crippen LogP contribution in [0.25, 0.3) is 21.7 Å². The Labute approximate surface area is 229 Å². The number of rotatable bonds is 9. The smallest absolute Gasteiger partial charge is 0.252 e. The summed E-state index contributed by atoms with van der Waals surface area (Å²) < 4.78 is 16.6. The molecule has 0 unspecified atom stereocenters. The lowest BCUT2D eigenvalue weighted by molar-refractivity contribution is 0.356. The van der Waals surface area contributed by atoms with E-state index in [-0.39, 0.29) is 13.0 Å². The largest absolute Gasteiger partial charge is 0.497 e. The van der Waals surface area contributed by atoms with Crippen molar-refractivity contribution in [1.82, 2.24) is 9.97 Å². The summed E-state index contributed by atoms with van der Waals surface area (Å²) in [5.74, 6) is 2.00. The zero-order valence-electron chi connectivity index (χ0n) is 22.3. The molecule has 0 radical (unpaired) electrons. The molecule has 0 amide bonds. The molecule has 39 heavy (non-hydrogen) atoms. The van der Waals surface area contributed by atoms with Crippen LogP contribution in [0.15, 0.2) is 71.5 Å². The van der Waals surface area contributed by atoms with Crippen molar-refractivity contribution in [2.45, 2.75) is 40.0 Å². The lowest BCUT2D eigenvalue weighted by Gasteiger charge is -2.16. The van der Waals surface area contributed by atoms with Crippen LogP contribution >= 0.6 is 0 Å². The van der Waals surface area contributed by atoms with Crippen LogP contribution in [-0.4, -0.2) is 31.3 Å². The highest BCUT2D eigenvalue weighted by Gasteiger charge is 2.18. The molecule has 2 aromatic heterocycles. The third-order valence-electron chi connectivity index (χ3n) is 7.12. The van der Waals surface area contributed by atoms with Crippen molar-refractivity contribution in [2.24, 2.45) is 0 Å². The van der Waals surface area contributed by atoms with E-state index in [1.165, 1.54) is 5.56 Å². The molecule has 2 heterocycles. The standard InChI is InChI=1S/C32H32N2O4.CH4/c1-5-27-25-19-31(38-4)30(37-3)18-24(25)26(32(35)34-27)17-22-15-21-16-23(36-2)12-14-29(21)33-28(22)13-11-20-9-7-6-8-10-20;/h6-10,12,14-16,18-19H,5,11,13,17H2,1-4H3,(H,34,35);1H4. The second-order valence-electron chi connectivity index (χ2n) is 9.33. The number of aromatic nitrogens is 2. The number of aryl methyl sites for hydroxylation is 3. The Morgan fingerprint density at radius 1 is 0.821 bits per heavy atom. The van der Waals surface area contributed by atoms with Gasteiger partial charge in [-0.1, -0.05) is 44.7 Å². The fourth-order valence-corrected chi connectivity index (χ4v) is 5.07. The lowest BCUT2D eigenvalue weighted by atomic mass is 9.94. The summed E-state index contributed by atoms with van der Waals surface area (Å²) in [5, 5.41) is 2.80. The van der Waals surface area contributed by atoms with Crippen molar-refractivity contribution in [1.29, 1.82) is 0 Å². The van der Waals surface area contributed by atoms with E-state index in [2.05, 4.69) is 35.3 Å². The zero-order chi connectivity index (χ0) is 26.6. The summed E-state index contributed by atoms with van der Waals surface area (Å²) in [4.78, 5) is 21.6.